The van der Waals surface area contributed by atoms with E-state index in [1.54, 1.807) is 0 Å². The van der Waals surface area contributed by atoms with Gasteiger partial charge >= 0.3 is 0 Å². The van der Waals surface area contributed by atoms with Crippen molar-refractivity contribution in [3.05, 3.63) is 33.8 Å². The molecule has 0 N–H and O–H groups in total. The van der Waals surface area contributed by atoms with E-state index in [2.05, 4.69) is 15.9 Å². The monoisotopic (exact) mass is 260 g/mol. The molecule has 0 aliphatic carbocycles. The minimum Gasteiger partial charge on any atom is -0.294 e. The van der Waals surface area contributed by atoms with Gasteiger partial charge in [0.15, 0.2) is 5.78 Å². The molecule has 0 fully saturated rings. The molecule has 1 rings (SSSR count). The minimum atomic E-state index is 0.136. The lowest BCUT2D eigenvalue weighted by molar-refractivity contribution is 0.0987. The number of hydrogen-bond acceptors (Lipinski definition) is 1. The summed E-state index contributed by atoms with van der Waals surface area (Å²) in [5.74, 6) is 0.500. The van der Waals surface area contributed by atoms with E-state index in [0.717, 1.165) is 15.6 Å². The normalized spacial score (nSPS) is 10.1. The first-order valence-electron chi connectivity index (χ1n) is 4.07. The van der Waals surface area contributed by atoms with E-state index in [0.29, 0.717) is 12.3 Å². The van der Waals surface area contributed by atoms with Crippen LogP contribution in [0.5, 0.6) is 0 Å². The molecule has 13 heavy (non-hydrogen) atoms. The summed E-state index contributed by atoms with van der Waals surface area (Å²) in [7, 11) is 0. The van der Waals surface area contributed by atoms with Crippen LogP contribution in [0.4, 0.5) is 0 Å². The molecule has 0 aliphatic rings. The smallest absolute Gasteiger partial charge is 0.162 e. The van der Waals surface area contributed by atoms with E-state index in [1.165, 1.54) is 0 Å². The third-order valence-electron chi connectivity index (χ3n) is 1.87. The number of Topliss-reactive ketones (excluding diaryl/α,β-unsaturated/α-hetero) is 1. The van der Waals surface area contributed by atoms with Crippen LogP contribution in [-0.4, -0.2) is 5.78 Å². The molecule has 1 aromatic carbocycles. The molecule has 0 saturated heterocycles. The lowest BCUT2D eigenvalue weighted by Crippen LogP contribution is -2.01. The summed E-state index contributed by atoms with van der Waals surface area (Å²) < 4.78 is 0.904. The maximum atomic E-state index is 11.5. The second-order valence-corrected chi connectivity index (χ2v) is 3.80. The summed E-state index contributed by atoms with van der Waals surface area (Å²) in [5.41, 5.74) is 1.61. The van der Waals surface area contributed by atoms with Crippen LogP contribution in [0.3, 0.4) is 0 Å². The molecule has 0 amide bonds. The highest BCUT2D eigenvalue weighted by Gasteiger charge is 2.10. The third-order valence-corrected chi connectivity index (χ3v) is 2.88. The van der Waals surface area contributed by atoms with Crippen LogP contribution in [0.1, 0.15) is 29.3 Å². The number of benzene rings is 1. The number of carbonyl (C=O) groups excluding carboxylic acids is 1. The molecule has 0 saturated carbocycles. The number of alkyl halides is 1. The Kier molecular flexibility index (Phi) is 3.94. The highest BCUT2D eigenvalue weighted by Crippen LogP contribution is 2.23. The third kappa shape index (κ3) is 2.32. The second kappa shape index (κ2) is 4.77. The van der Waals surface area contributed by atoms with Crippen LogP contribution < -0.4 is 0 Å². The van der Waals surface area contributed by atoms with Crippen molar-refractivity contribution in [2.45, 2.75) is 19.2 Å². The predicted octanol–water partition coefficient (Wildman–Crippen LogP) is 3.78. The van der Waals surface area contributed by atoms with Crippen LogP contribution >= 0.6 is 27.5 Å². The lowest BCUT2D eigenvalue weighted by Gasteiger charge is -2.06. The number of hydrogen-bond donors (Lipinski definition) is 0. The van der Waals surface area contributed by atoms with Crippen LogP contribution in [0.25, 0.3) is 0 Å². The van der Waals surface area contributed by atoms with Gasteiger partial charge in [-0.3, -0.25) is 4.79 Å². The number of carbonyl (C=O) groups is 1. The molecule has 0 aliphatic heterocycles. The first kappa shape index (κ1) is 10.7. The molecular weight excluding hydrogens is 251 g/mol. The Balaban J connectivity index is 3.20. The molecule has 1 nitrogen and oxygen atoms in total. The number of rotatable bonds is 3. The zero-order valence-corrected chi connectivity index (χ0v) is 9.65. The van der Waals surface area contributed by atoms with Crippen LogP contribution in [-0.2, 0) is 5.88 Å². The molecule has 0 radical (unpaired) electrons. The van der Waals surface area contributed by atoms with Crippen molar-refractivity contribution in [2.75, 3.05) is 0 Å². The van der Waals surface area contributed by atoms with Gasteiger partial charge in [0.25, 0.3) is 0 Å². The fourth-order valence-corrected chi connectivity index (χ4v) is 2.10. The van der Waals surface area contributed by atoms with E-state index in [9.17, 15) is 4.79 Å². The maximum absolute atomic E-state index is 11.5. The van der Waals surface area contributed by atoms with Gasteiger partial charge in [0.1, 0.15) is 0 Å². The molecule has 3 heteroatoms. The van der Waals surface area contributed by atoms with E-state index in [-0.39, 0.29) is 5.78 Å². The van der Waals surface area contributed by atoms with Gasteiger partial charge < -0.3 is 0 Å². The predicted molar refractivity (Wildman–Crippen MR) is 58.3 cm³/mol. The fourth-order valence-electron chi connectivity index (χ4n) is 1.15. The van der Waals surface area contributed by atoms with Crippen molar-refractivity contribution >= 4 is 33.3 Å². The fraction of sp³-hybridized carbons (Fsp3) is 0.300. The Labute approximate surface area is 91.2 Å². The van der Waals surface area contributed by atoms with Crippen molar-refractivity contribution in [3.63, 3.8) is 0 Å². The summed E-state index contributed by atoms with van der Waals surface area (Å²) in [6.45, 7) is 1.85. The molecule has 1 aromatic rings. The Morgan fingerprint density at radius 3 is 2.77 bits per heavy atom. The Morgan fingerprint density at radius 2 is 2.23 bits per heavy atom. The molecule has 0 unspecified atom stereocenters. The minimum absolute atomic E-state index is 0.136. The first-order valence-corrected chi connectivity index (χ1v) is 5.40. The molecule has 0 atom stereocenters. The largest absolute Gasteiger partial charge is 0.294 e. The van der Waals surface area contributed by atoms with Gasteiger partial charge in [0, 0.05) is 22.3 Å². The van der Waals surface area contributed by atoms with E-state index in [4.69, 9.17) is 11.6 Å². The number of halogens is 2. The molecule has 70 valence electrons. The molecule has 0 aromatic heterocycles. The molecule has 0 bridgehead atoms. The van der Waals surface area contributed by atoms with Crippen molar-refractivity contribution in [1.82, 2.24) is 0 Å². The van der Waals surface area contributed by atoms with Crippen molar-refractivity contribution < 1.29 is 4.79 Å². The van der Waals surface area contributed by atoms with E-state index in [1.807, 2.05) is 25.1 Å². The van der Waals surface area contributed by atoms with Gasteiger partial charge in [-0.15, -0.1) is 11.6 Å². The van der Waals surface area contributed by atoms with Gasteiger partial charge in [0.2, 0.25) is 0 Å². The summed E-state index contributed by atoms with van der Waals surface area (Å²) in [6, 6.07) is 5.56. The van der Waals surface area contributed by atoms with Gasteiger partial charge in [0.05, 0.1) is 0 Å². The zero-order chi connectivity index (χ0) is 9.84. The van der Waals surface area contributed by atoms with Crippen molar-refractivity contribution in [3.8, 4) is 0 Å². The summed E-state index contributed by atoms with van der Waals surface area (Å²) in [5, 5.41) is 0. The van der Waals surface area contributed by atoms with Crippen molar-refractivity contribution in [2.24, 2.45) is 0 Å². The van der Waals surface area contributed by atoms with Gasteiger partial charge in [-0.25, -0.2) is 0 Å². The maximum Gasteiger partial charge on any atom is 0.162 e. The van der Waals surface area contributed by atoms with Crippen LogP contribution in [0, 0.1) is 0 Å². The summed E-state index contributed by atoms with van der Waals surface area (Å²) >= 11 is 9.12. The Morgan fingerprint density at radius 1 is 1.54 bits per heavy atom. The zero-order valence-electron chi connectivity index (χ0n) is 7.31. The van der Waals surface area contributed by atoms with Crippen LogP contribution in [0.15, 0.2) is 22.7 Å². The quantitative estimate of drug-likeness (QED) is 0.598. The van der Waals surface area contributed by atoms with Crippen LogP contribution in [0.2, 0.25) is 0 Å². The average Bonchev–Trinajstić information content (AvgIpc) is 2.16. The molecule has 0 spiro atoms. The second-order valence-electron chi connectivity index (χ2n) is 2.68. The van der Waals surface area contributed by atoms with E-state index >= 15 is 0 Å². The van der Waals surface area contributed by atoms with Gasteiger partial charge in [-0.05, 0) is 11.6 Å². The number of ketones is 1. The van der Waals surface area contributed by atoms with E-state index < -0.39 is 0 Å². The molecular formula is C10H10BrClO. The average molecular weight is 262 g/mol. The SMILES string of the molecule is CCC(=O)c1cccc(Br)c1CCl. The first-order chi connectivity index (χ1) is 6.20. The molecule has 0 heterocycles. The van der Waals surface area contributed by atoms with Gasteiger partial charge in [-0.1, -0.05) is 35.0 Å². The highest BCUT2D eigenvalue weighted by molar-refractivity contribution is 9.10. The topological polar surface area (TPSA) is 17.1 Å². The Bertz CT molecular complexity index is 323. The lowest BCUT2D eigenvalue weighted by atomic mass is 10.0. The summed E-state index contributed by atoms with van der Waals surface area (Å²) in [6.07, 6.45) is 0.514. The standard InChI is InChI=1S/C10H10BrClO/c1-2-10(13)7-4-3-5-9(11)8(7)6-12/h3-5H,2,6H2,1H3. The van der Waals surface area contributed by atoms with Gasteiger partial charge in [-0.2, -0.15) is 0 Å². The Hall–Kier alpha value is -0.340. The summed E-state index contributed by atoms with van der Waals surface area (Å²) in [4.78, 5) is 11.5. The highest BCUT2D eigenvalue weighted by atomic mass is 79.9. The van der Waals surface area contributed by atoms with Crippen molar-refractivity contribution in [1.29, 1.82) is 0 Å².